The van der Waals surface area contributed by atoms with Gasteiger partial charge in [-0.15, -0.1) is 11.3 Å². The van der Waals surface area contributed by atoms with Crippen molar-refractivity contribution >= 4 is 28.8 Å². The van der Waals surface area contributed by atoms with Gasteiger partial charge in [0.15, 0.2) is 0 Å². The zero-order chi connectivity index (χ0) is 26.3. The zero-order valence-electron chi connectivity index (χ0n) is 20.5. The van der Waals surface area contributed by atoms with Crippen LogP contribution in [0.2, 0.25) is 0 Å². The smallest absolute Gasteiger partial charge is 0.381 e. The van der Waals surface area contributed by atoms with Crippen LogP contribution in [0.5, 0.6) is 0 Å². The van der Waals surface area contributed by atoms with Crippen LogP contribution >= 0.6 is 11.3 Å². The van der Waals surface area contributed by atoms with Crippen molar-refractivity contribution in [3.8, 4) is 0 Å². The minimum atomic E-state index is -4.53. The molecule has 0 bridgehead atoms. The van der Waals surface area contributed by atoms with Crippen LogP contribution in [-0.2, 0) is 22.3 Å². The van der Waals surface area contributed by atoms with Gasteiger partial charge in [0.25, 0.3) is 5.91 Å². The van der Waals surface area contributed by atoms with E-state index in [-0.39, 0.29) is 30.1 Å². The lowest BCUT2D eigenvalue weighted by molar-refractivity contribution is -0.141. The number of nitrogens with one attached hydrogen (secondary N) is 3. The van der Waals surface area contributed by atoms with Crippen LogP contribution in [-0.4, -0.2) is 47.1 Å². The lowest BCUT2D eigenvalue weighted by Crippen LogP contribution is -2.51. The van der Waals surface area contributed by atoms with Crippen LogP contribution in [0.25, 0.3) is 0 Å². The highest BCUT2D eigenvalue weighted by molar-refractivity contribution is 7.13. The van der Waals surface area contributed by atoms with Crippen LogP contribution in [0, 0.1) is 5.92 Å². The van der Waals surface area contributed by atoms with Gasteiger partial charge in [0.05, 0.1) is 12.7 Å². The quantitative estimate of drug-likeness (QED) is 0.433. The van der Waals surface area contributed by atoms with Crippen LogP contribution < -0.4 is 16.0 Å². The van der Waals surface area contributed by atoms with Gasteiger partial charge in [-0.1, -0.05) is 32.1 Å². The minimum Gasteiger partial charge on any atom is -0.381 e. The molecular weight excluding hydrogens is 507 g/mol. The highest BCUT2D eigenvalue weighted by atomic mass is 32.1. The number of ether oxygens (including phenoxy) is 1. The summed E-state index contributed by atoms with van der Waals surface area (Å²) in [7, 11) is 0. The molecule has 2 aromatic heterocycles. The molecule has 2 fully saturated rings. The summed E-state index contributed by atoms with van der Waals surface area (Å²) >= 11 is 1.13. The van der Waals surface area contributed by atoms with Crippen LogP contribution in [0.15, 0.2) is 24.5 Å². The number of carbonyl (C=O) groups excluding carboxylic acids is 2. The molecule has 0 aromatic carbocycles. The fraction of sp³-hybridized carbons (Fsp3) is 0.600. The van der Waals surface area contributed by atoms with Gasteiger partial charge in [0.1, 0.15) is 21.6 Å². The average Bonchev–Trinajstić information content (AvgIpc) is 3.37. The Morgan fingerprint density at radius 2 is 1.86 bits per heavy atom. The van der Waals surface area contributed by atoms with Gasteiger partial charge in [0, 0.05) is 31.1 Å². The monoisotopic (exact) mass is 539 g/mol. The standard InChI is InChI=1S/C25H32F3N5O3S/c26-25(27,28)21-13-18(6-9-29-21)30-15-22-31-14-20(37-22)24(35)33-19(12-16-4-2-1-3-5-16)23(34)32-17-7-10-36-11-8-17/h6,9,13-14,16-17,19H,1-5,7-8,10-12,15H2,(H,29,30)(H,32,34)(H,33,35)/t19-/m0/s1. The van der Waals surface area contributed by atoms with Crippen molar-refractivity contribution < 1.29 is 27.5 Å². The number of anilines is 1. The fourth-order valence-electron chi connectivity index (χ4n) is 4.73. The van der Waals surface area contributed by atoms with Crippen molar-refractivity contribution in [3.63, 3.8) is 0 Å². The summed E-state index contributed by atoms with van der Waals surface area (Å²) < 4.78 is 44.0. The maximum Gasteiger partial charge on any atom is 0.433 e. The molecule has 8 nitrogen and oxygen atoms in total. The second-order valence-corrected chi connectivity index (χ2v) is 10.7. The van der Waals surface area contributed by atoms with Crippen LogP contribution in [0.1, 0.15) is 71.7 Å². The maximum absolute atomic E-state index is 13.1. The average molecular weight is 540 g/mol. The van der Waals surface area contributed by atoms with Gasteiger partial charge in [-0.2, -0.15) is 13.2 Å². The minimum absolute atomic E-state index is 0.0409. The summed E-state index contributed by atoms with van der Waals surface area (Å²) in [5.74, 6) is -0.159. The Bertz CT molecular complexity index is 1050. The number of hydrogen-bond acceptors (Lipinski definition) is 7. The Morgan fingerprint density at radius 1 is 1.11 bits per heavy atom. The van der Waals surface area contributed by atoms with Crippen molar-refractivity contribution in [2.45, 2.75) is 76.2 Å². The lowest BCUT2D eigenvalue weighted by Gasteiger charge is -2.29. The van der Waals surface area contributed by atoms with Gasteiger partial charge in [-0.3, -0.25) is 14.6 Å². The maximum atomic E-state index is 13.1. The number of hydrogen-bond donors (Lipinski definition) is 3. The van der Waals surface area contributed by atoms with Gasteiger partial charge >= 0.3 is 6.18 Å². The summed E-state index contributed by atoms with van der Waals surface area (Å²) in [6.45, 7) is 1.37. The van der Waals surface area contributed by atoms with Crippen LogP contribution in [0.4, 0.5) is 18.9 Å². The Labute approximate surface area is 217 Å². The number of pyridine rings is 1. The van der Waals surface area contributed by atoms with E-state index in [1.807, 2.05) is 0 Å². The van der Waals surface area contributed by atoms with E-state index in [1.54, 1.807) is 0 Å². The molecule has 0 spiro atoms. The van der Waals surface area contributed by atoms with Crippen molar-refractivity contribution in [1.29, 1.82) is 0 Å². The normalized spacial score (nSPS) is 18.2. The number of amides is 2. The highest BCUT2D eigenvalue weighted by Crippen LogP contribution is 2.29. The molecule has 12 heteroatoms. The first kappa shape index (κ1) is 27.3. The first-order valence-corrected chi connectivity index (χ1v) is 13.5. The van der Waals surface area contributed by atoms with E-state index in [4.69, 9.17) is 4.74 Å². The number of halogens is 3. The molecule has 1 saturated heterocycles. The molecule has 2 aromatic rings. The van der Waals surface area contributed by atoms with E-state index < -0.39 is 17.9 Å². The zero-order valence-corrected chi connectivity index (χ0v) is 21.3. The molecule has 0 unspecified atom stereocenters. The van der Waals surface area contributed by atoms with E-state index in [9.17, 15) is 22.8 Å². The number of nitrogens with zero attached hydrogens (tertiary/aromatic N) is 2. The third kappa shape index (κ3) is 8.13. The van der Waals surface area contributed by atoms with Gasteiger partial charge in [-0.25, -0.2) is 4.98 Å². The fourth-order valence-corrected chi connectivity index (χ4v) is 5.49. The first-order valence-electron chi connectivity index (χ1n) is 12.7. The van der Waals surface area contributed by atoms with Gasteiger partial charge in [-0.05, 0) is 37.3 Å². The molecule has 1 saturated carbocycles. The second kappa shape index (κ2) is 12.7. The number of carbonyl (C=O) groups is 2. The number of alkyl halides is 3. The molecule has 3 heterocycles. The topological polar surface area (TPSA) is 105 Å². The van der Waals surface area contributed by atoms with E-state index in [1.165, 1.54) is 18.7 Å². The molecule has 4 rings (SSSR count). The Kier molecular flexibility index (Phi) is 9.36. The van der Waals surface area contributed by atoms with Gasteiger partial charge in [0.2, 0.25) is 5.91 Å². The Balaban J connectivity index is 1.36. The second-order valence-electron chi connectivity index (χ2n) is 9.56. The van der Waals surface area contributed by atoms with Crippen LogP contribution in [0.3, 0.4) is 0 Å². The van der Waals surface area contributed by atoms with Crippen molar-refractivity contribution in [2.24, 2.45) is 5.92 Å². The molecule has 1 atom stereocenters. The summed E-state index contributed by atoms with van der Waals surface area (Å²) in [4.78, 5) is 34.1. The largest absolute Gasteiger partial charge is 0.433 e. The molecule has 3 N–H and O–H groups in total. The van der Waals surface area contributed by atoms with Crippen molar-refractivity contribution in [3.05, 3.63) is 40.1 Å². The summed E-state index contributed by atoms with van der Waals surface area (Å²) in [6.07, 6.45) is 5.68. The van der Waals surface area contributed by atoms with E-state index in [0.717, 1.165) is 62.1 Å². The Hall–Kier alpha value is -2.73. The van der Waals surface area contributed by atoms with E-state index >= 15 is 0 Å². The van der Waals surface area contributed by atoms with E-state index in [2.05, 4.69) is 25.9 Å². The predicted octanol–water partition coefficient (Wildman–Crippen LogP) is 4.53. The molecule has 0 radical (unpaired) electrons. The molecule has 37 heavy (non-hydrogen) atoms. The first-order chi connectivity index (χ1) is 17.8. The lowest BCUT2D eigenvalue weighted by atomic mass is 9.84. The van der Waals surface area contributed by atoms with E-state index in [0.29, 0.717) is 35.4 Å². The SMILES string of the molecule is O=C(N[C@@H](CC1CCCCC1)C(=O)NC1CCOCC1)c1cnc(CNc2ccnc(C(F)(F)F)c2)s1. The third-order valence-corrected chi connectivity index (χ3v) is 7.75. The summed E-state index contributed by atoms with van der Waals surface area (Å²) in [6, 6.07) is 1.76. The number of rotatable bonds is 9. The third-order valence-electron chi connectivity index (χ3n) is 6.75. The Morgan fingerprint density at radius 3 is 2.59 bits per heavy atom. The molecule has 2 aliphatic rings. The van der Waals surface area contributed by atoms with Crippen molar-refractivity contribution in [1.82, 2.24) is 20.6 Å². The molecule has 2 amide bonds. The van der Waals surface area contributed by atoms with Gasteiger partial charge < -0.3 is 20.7 Å². The number of aromatic nitrogens is 2. The predicted molar refractivity (Wildman–Crippen MR) is 133 cm³/mol. The highest BCUT2D eigenvalue weighted by Gasteiger charge is 2.32. The summed E-state index contributed by atoms with van der Waals surface area (Å²) in [5, 5.41) is 9.42. The number of thiazole rings is 1. The molecular formula is C25H32F3N5O3S. The summed E-state index contributed by atoms with van der Waals surface area (Å²) in [5.41, 5.74) is -0.736. The molecule has 1 aliphatic heterocycles. The van der Waals surface area contributed by atoms with Crippen molar-refractivity contribution in [2.75, 3.05) is 18.5 Å². The molecule has 202 valence electrons. The molecule has 1 aliphatic carbocycles.